The lowest BCUT2D eigenvalue weighted by molar-refractivity contribution is 0.0188. The number of ether oxygens (including phenoxy) is 1. The molecule has 0 unspecified atom stereocenters. The summed E-state index contributed by atoms with van der Waals surface area (Å²) in [7, 11) is 0. The predicted octanol–water partition coefficient (Wildman–Crippen LogP) is 2.52. The van der Waals surface area contributed by atoms with E-state index in [1.54, 1.807) is 12.1 Å². The minimum Gasteiger partial charge on any atom is -0.385 e. The Morgan fingerprint density at radius 1 is 1.25 bits per heavy atom. The largest absolute Gasteiger partial charge is 0.385 e. The van der Waals surface area contributed by atoms with E-state index in [9.17, 15) is 13.6 Å². The summed E-state index contributed by atoms with van der Waals surface area (Å²) in [5, 5.41) is 5.81. The molecule has 0 heterocycles. The van der Waals surface area contributed by atoms with Crippen molar-refractivity contribution in [3.05, 3.63) is 29.8 Å². The van der Waals surface area contributed by atoms with Gasteiger partial charge < -0.3 is 15.4 Å². The number of nitrogens with one attached hydrogen (secondary N) is 2. The monoisotopic (exact) mass is 286 g/mol. The van der Waals surface area contributed by atoms with Gasteiger partial charge in [-0.1, -0.05) is 6.92 Å². The molecule has 1 amide bonds. The molecule has 1 aromatic rings. The molecule has 4 nitrogen and oxygen atoms in total. The number of amides is 1. The van der Waals surface area contributed by atoms with Crippen LogP contribution in [0.4, 0.5) is 14.5 Å². The molecular formula is C14H20F2N2O2. The van der Waals surface area contributed by atoms with Crippen LogP contribution in [0.5, 0.6) is 0 Å². The molecular weight excluding hydrogens is 266 g/mol. The maximum atomic E-state index is 11.8. The van der Waals surface area contributed by atoms with E-state index in [0.29, 0.717) is 5.56 Å². The molecule has 0 spiro atoms. The summed E-state index contributed by atoms with van der Waals surface area (Å²) >= 11 is 0. The van der Waals surface area contributed by atoms with E-state index in [1.807, 2.05) is 12.1 Å². The first-order valence-electron chi connectivity index (χ1n) is 6.61. The highest BCUT2D eigenvalue weighted by molar-refractivity contribution is 5.94. The second-order valence-electron chi connectivity index (χ2n) is 4.23. The molecule has 0 aliphatic carbocycles. The summed E-state index contributed by atoms with van der Waals surface area (Å²) in [5.74, 6) is -0.243. The molecule has 0 atom stereocenters. The fourth-order valence-electron chi connectivity index (χ4n) is 1.52. The van der Waals surface area contributed by atoms with Crippen LogP contribution in [0.1, 0.15) is 23.7 Å². The van der Waals surface area contributed by atoms with Crippen LogP contribution in [0.2, 0.25) is 0 Å². The van der Waals surface area contributed by atoms with Crippen LogP contribution in [-0.4, -0.2) is 38.6 Å². The van der Waals surface area contributed by atoms with Crippen LogP contribution in [0.15, 0.2) is 24.3 Å². The number of alkyl halides is 2. The van der Waals surface area contributed by atoms with Gasteiger partial charge in [0.15, 0.2) is 0 Å². The summed E-state index contributed by atoms with van der Waals surface area (Å²) in [6.07, 6.45) is -1.45. The van der Waals surface area contributed by atoms with Crippen LogP contribution in [0.25, 0.3) is 0 Å². The van der Waals surface area contributed by atoms with Crippen molar-refractivity contribution < 1.29 is 18.3 Å². The number of rotatable bonds is 9. The van der Waals surface area contributed by atoms with E-state index in [1.165, 1.54) is 0 Å². The lowest BCUT2D eigenvalue weighted by Crippen LogP contribution is -2.27. The molecule has 0 bridgehead atoms. The standard InChI is InChI=1S/C14H20F2N2O2/c1-2-7-17-12-5-3-11(4-6-12)14(19)18-8-9-20-10-13(15)16/h3-6,13,17H,2,7-10H2,1H3,(H,18,19). The minimum absolute atomic E-state index is 0.0756. The third-order valence-electron chi connectivity index (χ3n) is 2.50. The van der Waals surface area contributed by atoms with Gasteiger partial charge in [0.2, 0.25) is 0 Å². The van der Waals surface area contributed by atoms with Gasteiger partial charge >= 0.3 is 0 Å². The average molecular weight is 286 g/mol. The number of hydrogen-bond acceptors (Lipinski definition) is 3. The van der Waals surface area contributed by atoms with E-state index in [0.717, 1.165) is 18.7 Å². The maximum absolute atomic E-state index is 11.8. The van der Waals surface area contributed by atoms with Gasteiger partial charge in [-0.2, -0.15) is 0 Å². The third kappa shape index (κ3) is 6.47. The molecule has 1 rings (SSSR count). The lowest BCUT2D eigenvalue weighted by atomic mass is 10.2. The number of benzene rings is 1. The van der Waals surface area contributed by atoms with Gasteiger partial charge in [-0.05, 0) is 30.7 Å². The SMILES string of the molecule is CCCNc1ccc(C(=O)NCCOCC(F)F)cc1. The Labute approximate surface area is 117 Å². The number of anilines is 1. The molecule has 0 aliphatic heterocycles. The molecule has 0 saturated heterocycles. The maximum Gasteiger partial charge on any atom is 0.261 e. The summed E-state index contributed by atoms with van der Waals surface area (Å²) in [6, 6.07) is 7.09. The van der Waals surface area contributed by atoms with Crippen LogP contribution < -0.4 is 10.6 Å². The Morgan fingerprint density at radius 2 is 1.95 bits per heavy atom. The van der Waals surface area contributed by atoms with Gasteiger partial charge in [-0.25, -0.2) is 8.78 Å². The van der Waals surface area contributed by atoms with Crippen LogP contribution in [-0.2, 0) is 4.74 Å². The van der Waals surface area contributed by atoms with Gasteiger partial charge in [-0.3, -0.25) is 4.79 Å². The van der Waals surface area contributed by atoms with Crippen molar-refractivity contribution >= 4 is 11.6 Å². The average Bonchev–Trinajstić information content (AvgIpc) is 2.44. The molecule has 0 aromatic heterocycles. The number of carbonyl (C=O) groups excluding carboxylic acids is 1. The molecule has 0 fully saturated rings. The Morgan fingerprint density at radius 3 is 2.55 bits per heavy atom. The van der Waals surface area contributed by atoms with E-state index in [-0.39, 0.29) is 19.1 Å². The zero-order valence-corrected chi connectivity index (χ0v) is 11.5. The molecule has 2 N–H and O–H groups in total. The van der Waals surface area contributed by atoms with E-state index in [2.05, 4.69) is 22.3 Å². The number of hydrogen-bond donors (Lipinski definition) is 2. The molecule has 112 valence electrons. The Hall–Kier alpha value is -1.69. The highest BCUT2D eigenvalue weighted by atomic mass is 19.3. The summed E-state index contributed by atoms with van der Waals surface area (Å²) in [5.41, 5.74) is 1.49. The molecule has 1 aromatic carbocycles. The van der Waals surface area contributed by atoms with Crippen molar-refractivity contribution in [2.24, 2.45) is 0 Å². The molecule has 6 heteroatoms. The summed E-state index contributed by atoms with van der Waals surface area (Å²) in [6.45, 7) is 2.64. The first-order chi connectivity index (χ1) is 9.63. The van der Waals surface area contributed by atoms with Crippen molar-refractivity contribution in [2.75, 3.05) is 31.6 Å². The zero-order chi connectivity index (χ0) is 14.8. The van der Waals surface area contributed by atoms with Crippen molar-refractivity contribution in [3.8, 4) is 0 Å². The van der Waals surface area contributed by atoms with Gasteiger partial charge in [0.1, 0.15) is 6.61 Å². The van der Waals surface area contributed by atoms with Gasteiger partial charge in [0.05, 0.1) is 6.61 Å². The minimum atomic E-state index is -2.48. The Kier molecular flexibility index (Phi) is 7.57. The highest BCUT2D eigenvalue weighted by Gasteiger charge is 2.05. The van der Waals surface area contributed by atoms with Gasteiger partial charge in [0, 0.05) is 24.3 Å². The lowest BCUT2D eigenvalue weighted by Gasteiger charge is -2.08. The van der Waals surface area contributed by atoms with Gasteiger partial charge in [-0.15, -0.1) is 0 Å². The Balaban J connectivity index is 2.29. The topological polar surface area (TPSA) is 50.4 Å². The quantitative estimate of drug-likeness (QED) is 0.686. The molecule has 0 saturated carbocycles. The second kappa shape index (κ2) is 9.25. The van der Waals surface area contributed by atoms with Crippen molar-refractivity contribution in [1.29, 1.82) is 0 Å². The highest BCUT2D eigenvalue weighted by Crippen LogP contribution is 2.09. The zero-order valence-electron chi connectivity index (χ0n) is 11.5. The fraction of sp³-hybridized carbons (Fsp3) is 0.500. The van der Waals surface area contributed by atoms with Crippen molar-refractivity contribution in [3.63, 3.8) is 0 Å². The van der Waals surface area contributed by atoms with Crippen molar-refractivity contribution in [2.45, 2.75) is 19.8 Å². The van der Waals surface area contributed by atoms with Crippen LogP contribution in [0.3, 0.4) is 0 Å². The fourth-order valence-corrected chi connectivity index (χ4v) is 1.52. The van der Waals surface area contributed by atoms with Crippen molar-refractivity contribution in [1.82, 2.24) is 5.32 Å². The van der Waals surface area contributed by atoms with Crippen LogP contribution >= 0.6 is 0 Å². The smallest absolute Gasteiger partial charge is 0.261 e. The molecule has 20 heavy (non-hydrogen) atoms. The first-order valence-corrected chi connectivity index (χ1v) is 6.61. The Bertz CT molecular complexity index is 397. The van der Waals surface area contributed by atoms with Gasteiger partial charge in [0.25, 0.3) is 12.3 Å². The molecule has 0 aliphatic rings. The normalized spacial score (nSPS) is 10.6. The first kappa shape index (κ1) is 16.4. The van der Waals surface area contributed by atoms with E-state index < -0.39 is 13.0 Å². The second-order valence-corrected chi connectivity index (χ2v) is 4.23. The van der Waals surface area contributed by atoms with E-state index in [4.69, 9.17) is 0 Å². The van der Waals surface area contributed by atoms with E-state index >= 15 is 0 Å². The summed E-state index contributed by atoms with van der Waals surface area (Å²) < 4.78 is 28.3. The molecule has 0 radical (unpaired) electrons. The van der Waals surface area contributed by atoms with Crippen LogP contribution in [0, 0.1) is 0 Å². The third-order valence-corrected chi connectivity index (χ3v) is 2.50. The number of carbonyl (C=O) groups is 1. The summed E-state index contributed by atoms with van der Waals surface area (Å²) in [4.78, 5) is 11.7. The predicted molar refractivity (Wildman–Crippen MR) is 74.4 cm³/mol. The number of halogens is 2.